The predicted octanol–water partition coefficient (Wildman–Crippen LogP) is 1.16. The van der Waals surface area contributed by atoms with Crippen LogP contribution >= 0.6 is 0 Å². The molecule has 1 aromatic heterocycles. The van der Waals surface area contributed by atoms with Crippen LogP contribution in [0.25, 0.3) is 0 Å². The summed E-state index contributed by atoms with van der Waals surface area (Å²) in [5.41, 5.74) is 6.62. The van der Waals surface area contributed by atoms with E-state index in [9.17, 15) is 10.1 Å². The molecule has 0 amide bonds. The number of nitrogens with zero attached hydrogens (tertiary/aromatic N) is 3. The van der Waals surface area contributed by atoms with E-state index in [0.717, 1.165) is 13.0 Å². The lowest BCUT2D eigenvalue weighted by atomic mass is 9.96. The van der Waals surface area contributed by atoms with Gasteiger partial charge in [-0.05, 0) is 18.4 Å². The van der Waals surface area contributed by atoms with Gasteiger partial charge in [0, 0.05) is 25.3 Å². The zero-order valence-electron chi connectivity index (χ0n) is 9.74. The maximum Gasteiger partial charge on any atom is 0.310 e. The van der Waals surface area contributed by atoms with Crippen molar-refractivity contribution in [1.29, 1.82) is 0 Å². The van der Waals surface area contributed by atoms with E-state index in [1.165, 1.54) is 6.20 Å². The van der Waals surface area contributed by atoms with E-state index in [0.29, 0.717) is 18.2 Å². The van der Waals surface area contributed by atoms with Gasteiger partial charge in [-0.3, -0.25) is 15.1 Å². The molecule has 0 saturated carbocycles. The average molecular weight is 236 g/mol. The van der Waals surface area contributed by atoms with Crippen LogP contribution < -0.4 is 10.6 Å². The first kappa shape index (κ1) is 11.8. The summed E-state index contributed by atoms with van der Waals surface area (Å²) in [6.45, 7) is 3.58. The molecule has 1 aliphatic rings. The molecule has 0 aromatic carbocycles. The number of anilines is 1. The van der Waals surface area contributed by atoms with Crippen molar-refractivity contribution in [3.8, 4) is 0 Å². The summed E-state index contributed by atoms with van der Waals surface area (Å²) in [7, 11) is 0. The number of nitro groups is 1. The minimum Gasteiger partial charge on any atom is -0.364 e. The van der Waals surface area contributed by atoms with Gasteiger partial charge in [0.1, 0.15) is 11.9 Å². The lowest BCUT2D eigenvalue weighted by Crippen LogP contribution is -2.46. The zero-order chi connectivity index (χ0) is 12.4. The van der Waals surface area contributed by atoms with Gasteiger partial charge in [0.15, 0.2) is 0 Å². The lowest BCUT2D eigenvalue weighted by molar-refractivity contribution is -0.384. The normalized spacial score (nSPS) is 24.7. The third-order valence-electron chi connectivity index (χ3n) is 3.01. The molecule has 0 aliphatic carbocycles. The van der Waals surface area contributed by atoms with Crippen LogP contribution in [0.15, 0.2) is 18.5 Å². The molecule has 1 aromatic rings. The van der Waals surface area contributed by atoms with Crippen LogP contribution in [0.2, 0.25) is 0 Å². The summed E-state index contributed by atoms with van der Waals surface area (Å²) in [5, 5.41) is 10.9. The molecule has 2 N–H and O–H groups in total. The highest BCUT2D eigenvalue weighted by Crippen LogP contribution is 2.29. The first-order valence-electron chi connectivity index (χ1n) is 5.67. The number of hydrogen-bond acceptors (Lipinski definition) is 5. The molecule has 1 fully saturated rings. The molecule has 2 rings (SSSR count). The van der Waals surface area contributed by atoms with Crippen molar-refractivity contribution in [3.05, 3.63) is 28.6 Å². The summed E-state index contributed by atoms with van der Waals surface area (Å²) >= 11 is 0. The number of nitrogens with two attached hydrogens (primary N) is 1. The fraction of sp³-hybridized carbons (Fsp3) is 0.545. The van der Waals surface area contributed by atoms with E-state index in [4.69, 9.17) is 5.73 Å². The van der Waals surface area contributed by atoms with Crippen molar-refractivity contribution in [2.24, 2.45) is 11.7 Å². The van der Waals surface area contributed by atoms with Crippen LogP contribution in [0.3, 0.4) is 0 Å². The Labute approximate surface area is 99.6 Å². The lowest BCUT2D eigenvalue weighted by Gasteiger charge is -2.35. The second-order valence-corrected chi connectivity index (χ2v) is 4.63. The summed E-state index contributed by atoms with van der Waals surface area (Å²) in [6.07, 6.45) is 3.84. The van der Waals surface area contributed by atoms with Gasteiger partial charge in [0.2, 0.25) is 0 Å². The standard InChI is InChI=1S/C11H16N4O2/c1-8-4-9(12)7-14(6-8)10-2-3-13-5-11(10)15(16)17/h2-3,5,8-9H,4,6-7,12H2,1H3. The van der Waals surface area contributed by atoms with Gasteiger partial charge in [-0.25, -0.2) is 0 Å². The molecule has 17 heavy (non-hydrogen) atoms. The Morgan fingerprint density at radius 1 is 1.59 bits per heavy atom. The van der Waals surface area contributed by atoms with Gasteiger partial charge in [0.25, 0.3) is 0 Å². The second kappa shape index (κ2) is 4.67. The summed E-state index contributed by atoms with van der Waals surface area (Å²) in [4.78, 5) is 16.3. The van der Waals surface area contributed by atoms with Crippen molar-refractivity contribution < 1.29 is 4.92 Å². The molecule has 2 heterocycles. The highest BCUT2D eigenvalue weighted by atomic mass is 16.6. The molecule has 0 bridgehead atoms. The van der Waals surface area contributed by atoms with Gasteiger partial charge in [-0.2, -0.15) is 0 Å². The number of aromatic nitrogens is 1. The highest BCUT2D eigenvalue weighted by molar-refractivity contribution is 5.62. The Hall–Kier alpha value is -1.69. The molecule has 2 unspecified atom stereocenters. The van der Waals surface area contributed by atoms with E-state index in [-0.39, 0.29) is 11.7 Å². The van der Waals surface area contributed by atoms with Crippen LogP contribution in [0, 0.1) is 16.0 Å². The van der Waals surface area contributed by atoms with Gasteiger partial charge in [-0.15, -0.1) is 0 Å². The Bertz CT molecular complexity index is 414. The van der Waals surface area contributed by atoms with Gasteiger partial charge >= 0.3 is 5.69 Å². The molecule has 1 aliphatic heterocycles. The van der Waals surface area contributed by atoms with E-state index in [1.807, 2.05) is 4.90 Å². The number of hydrogen-bond donors (Lipinski definition) is 1. The van der Waals surface area contributed by atoms with E-state index < -0.39 is 4.92 Å². The van der Waals surface area contributed by atoms with E-state index >= 15 is 0 Å². The Morgan fingerprint density at radius 3 is 3.00 bits per heavy atom. The molecule has 6 heteroatoms. The van der Waals surface area contributed by atoms with Crippen molar-refractivity contribution in [1.82, 2.24) is 4.98 Å². The zero-order valence-corrected chi connectivity index (χ0v) is 9.74. The Morgan fingerprint density at radius 2 is 2.35 bits per heavy atom. The second-order valence-electron chi connectivity index (χ2n) is 4.63. The van der Waals surface area contributed by atoms with Crippen LogP contribution in [-0.4, -0.2) is 29.0 Å². The van der Waals surface area contributed by atoms with Crippen LogP contribution in [0.1, 0.15) is 13.3 Å². The Balaban J connectivity index is 2.30. The SMILES string of the molecule is CC1CC(N)CN(c2ccncc2[N+](=O)[O-])C1. The highest BCUT2D eigenvalue weighted by Gasteiger charge is 2.26. The molecule has 2 atom stereocenters. The molecule has 6 nitrogen and oxygen atoms in total. The van der Waals surface area contributed by atoms with E-state index in [2.05, 4.69) is 11.9 Å². The third kappa shape index (κ3) is 2.52. The van der Waals surface area contributed by atoms with Gasteiger partial charge < -0.3 is 10.6 Å². The molecule has 0 spiro atoms. The average Bonchev–Trinajstić information content (AvgIpc) is 2.27. The fourth-order valence-corrected chi connectivity index (χ4v) is 2.38. The molecular weight excluding hydrogens is 220 g/mol. The Kier molecular flexibility index (Phi) is 3.23. The van der Waals surface area contributed by atoms with Crippen LogP contribution in [0.5, 0.6) is 0 Å². The number of piperidine rings is 1. The first-order valence-corrected chi connectivity index (χ1v) is 5.67. The largest absolute Gasteiger partial charge is 0.364 e. The monoisotopic (exact) mass is 236 g/mol. The minimum atomic E-state index is -0.396. The quantitative estimate of drug-likeness (QED) is 0.615. The molecule has 1 saturated heterocycles. The third-order valence-corrected chi connectivity index (χ3v) is 3.01. The minimum absolute atomic E-state index is 0.0498. The predicted molar refractivity (Wildman–Crippen MR) is 64.9 cm³/mol. The molecule has 0 radical (unpaired) electrons. The number of pyridine rings is 1. The summed E-state index contributed by atoms with van der Waals surface area (Å²) < 4.78 is 0. The smallest absolute Gasteiger partial charge is 0.310 e. The van der Waals surface area contributed by atoms with Crippen molar-refractivity contribution in [2.45, 2.75) is 19.4 Å². The van der Waals surface area contributed by atoms with E-state index in [1.54, 1.807) is 12.3 Å². The fourth-order valence-electron chi connectivity index (χ4n) is 2.38. The maximum atomic E-state index is 10.9. The summed E-state index contributed by atoms with van der Waals surface area (Å²) in [6, 6.07) is 1.76. The summed E-state index contributed by atoms with van der Waals surface area (Å²) in [5.74, 6) is 0.450. The van der Waals surface area contributed by atoms with Gasteiger partial charge in [-0.1, -0.05) is 6.92 Å². The topological polar surface area (TPSA) is 85.3 Å². The molecule has 92 valence electrons. The maximum absolute atomic E-state index is 10.9. The molecular formula is C11H16N4O2. The first-order chi connectivity index (χ1) is 8.08. The van der Waals surface area contributed by atoms with Gasteiger partial charge in [0.05, 0.1) is 4.92 Å². The van der Waals surface area contributed by atoms with Crippen LogP contribution in [0.4, 0.5) is 11.4 Å². The van der Waals surface area contributed by atoms with Crippen LogP contribution in [-0.2, 0) is 0 Å². The van der Waals surface area contributed by atoms with Crippen molar-refractivity contribution >= 4 is 11.4 Å². The number of rotatable bonds is 2. The van der Waals surface area contributed by atoms with Crippen molar-refractivity contribution in [2.75, 3.05) is 18.0 Å². The van der Waals surface area contributed by atoms with Crippen molar-refractivity contribution in [3.63, 3.8) is 0 Å².